The molecule has 1 aromatic heterocycles. The van der Waals surface area contributed by atoms with Crippen LogP contribution in [0, 0.1) is 0 Å². The van der Waals surface area contributed by atoms with Crippen molar-refractivity contribution in [3.8, 4) is 5.75 Å². The number of carbonyl (C=O) groups is 1. The summed E-state index contributed by atoms with van der Waals surface area (Å²) in [6.45, 7) is 1.82. The number of amides is 1. The number of hydrogen-bond donors (Lipinski definition) is 2. The molecular formula is C13H11N3O2. The molecule has 2 aromatic rings. The molecule has 1 atom stereocenters. The second-order valence-corrected chi connectivity index (χ2v) is 4.41. The lowest BCUT2D eigenvalue weighted by atomic mass is 9.78. The van der Waals surface area contributed by atoms with E-state index in [1.165, 1.54) is 6.33 Å². The first-order valence-corrected chi connectivity index (χ1v) is 5.54. The van der Waals surface area contributed by atoms with Gasteiger partial charge >= 0.3 is 0 Å². The zero-order valence-corrected chi connectivity index (χ0v) is 9.71. The molecule has 1 amide bonds. The number of aromatic hydroxyl groups is 1. The van der Waals surface area contributed by atoms with Gasteiger partial charge in [0.15, 0.2) is 0 Å². The molecule has 1 aliphatic heterocycles. The van der Waals surface area contributed by atoms with Crippen molar-refractivity contribution in [1.82, 2.24) is 9.97 Å². The highest BCUT2D eigenvalue weighted by Gasteiger charge is 2.45. The molecule has 0 aliphatic carbocycles. The fraction of sp³-hybridized carbons (Fsp3) is 0.154. The van der Waals surface area contributed by atoms with Crippen LogP contribution in [-0.4, -0.2) is 21.0 Å². The van der Waals surface area contributed by atoms with Crippen LogP contribution in [-0.2, 0) is 10.2 Å². The van der Waals surface area contributed by atoms with Crippen molar-refractivity contribution in [1.29, 1.82) is 0 Å². The fourth-order valence-corrected chi connectivity index (χ4v) is 2.23. The molecule has 1 aromatic carbocycles. The van der Waals surface area contributed by atoms with E-state index in [1.54, 1.807) is 30.5 Å². The summed E-state index contributed by atoms with van der Waals surface area (Å²) in [5, 5.41) is 12.1. The van der Waals surface area contributed by atoms with Gasteiger partial charge in [-0.3, -0.25) is 4.79 Å². The number of fused-ring (bicyclic) bond motifs is 1. The van der Waals surface area contributed by atoms with Crippen LogP contribution in [0.5, 0.6) is 5.75 Å². The summed E-state index contributed by atoms with van der Waals surface area (Å²) in [7, 11) is 0. The lowest BCUT2D eigenvalue weighted by molar-refractivity contribution is -0.119. The van der Waals surface area contributed by atoms with Crippen molar-refractivity contribution in [3.63, 3.8) is 0 Å². The van der Waals surface area contributed by atoms with Crippen LogP contribution in [0.2, 0.25) is 0 Å². The van der Waals surface area contributed by atoms with E-state index < -0.39 is 5.41 Å². The van der Waals surface area contributed by atoms with Gasteiger partial charge in [0.05, 0.1) is 0 Å². The molecule has 0 saturated heterocycles. The second-order valence-electron chi connectivity index (χ2n) is 4.41. The normalized spacial score (nSPS) is 21.5. The zero-order chi connectivity index (χ0) is 12.8. The number of hydrogen-bond acceptors (Lipinski definition) is 4. The lowest BCUT2D eigenvalue weighted by Crippen LogP contribution is -2.32. The van der Waals surface area contributed by atoms with Gasteiger partial charge in [-0.05, 0) is 24.6 Å². The van der Waals surface area contributed by atoms with Gasteiger partial charge in [0.1, 0.15) is 23.3 Å². The van der Waals surface area contributed by atoms with Crippen molar-refractivity contribution in [2.24, 2.45) is 0 Å². The first-order chi connectivity index (χ1) is 8.62. The topological polar surface area (TPSA) is 75.1 Å². The number of phenolic OH excluding ortho intramolecular Hbond substituents is 1. The molecule has 18 heavy (non-hydrogen) atoms. The number of nitrogens with zero attached hydrogens (tertiary/aromatic N) is 2. The molecule has 0 spiro atoms. The number of phenols is 1. The maximum absolute atomic E-state index is 12.2. The average molecular weight is 241 g/mol. The number of rotatable bonds is 1. The third-order valence-electron chi connectivity index (χ3n) is 3.38. The number of aromatic nitrogens is 2. The fourth-order valence-electron chi connectivity index (χ4n) is 2.23. The van der Waals surface area contributed by atoms with Crippen molar-refractivity contribution >= 4 is 11.7 Å². The summed E-state index contributed by atoms with van der Waals surface area (Å²) in [5.41, 5.74) is 0.733. The summed E-state index contributed by atoms with van der Waals surface area (Å²) < 4.78 is 0. The monoisotopic (exact) mass is 241 g/mol. The third kappa shape index (κ3) is 1.30. The van der Waals surface area contributed by atoms with Gasteiger partial charge in [-0.1, -0.05) is 12.1 Å². The first kappa shape index (κ1) is 10.7. The number of carbonyl (C=O) groups excluding carboxylic acids is 1. The van der Waals surface area contributed by atoms with Crippen LogP contribution in [0.1, 0.15) is 18.1 Å². The van der Waals surface area contributed by atoms with E-state index in [9.17, 15) is 9.90 Å². The van der Waals surface area contributed by atoms with Crippen molar-refractivity contribution in [2.45, 2.75) is 12.3 Å². The Hall–Kier alpha value is -2.43. The van der Waals surface area contributed by atoms with E-state index in [1.807, 2.05) is 6.92 Å². The molecule has 2 N–H and O–H groups in total. The smallest absolute Gasteiger partial charge is 0.240 e. The molecule has 0 saturated carbocycles. The van der Waals surface area contributed by atoms with E-state index in [2.05, 4.69) is 15.3 Å². The van der Waals surface area contributed by atoms with E-state index in [0.717, 1.165) is 11.1 Å². The molecule has 5 nitrogen and oxygen atoms in total. The molecule has 5 heteroatoms. The van der Waals surface area contributed by atoms with Gasteiger partial charge in [-0.2, -0.15) is 0 Å². The minimum absolute atomic E-state index is 0.135. The van der Waals surface area contributed by atoms with E-state index in [0.29, 0.717) is 5.82 Å². The van der Waals surface area contributed by atoms with Crippen LogP contribution >= 0.6 is 0 Å². The molecule has 90 valence electrons. The average Bonchev–Trinajstić information content (AvgIpc) is 2.64. The van der Waals surface area contributed by atoms with E-state index in [-0.39, 0.29) is 11.7 Å². The Balaban J connectivity index is 2.20. The molecule has 0 fully saturated rings. The van der Waals surface area contributed by atoms with Crippen LogP contribution in [0.3, 0.4) is 0 Å². The number of anilines is 1. The van der Waals surface area contributed by atoms with Gasteiger partial charge in [-0.25, -0.2) is 9.97 Å². The Morgan fingerprint density at radius 2 is 2.00 bits per heavy atom. The summed E-state index contributed by atoms with van der Waals surface area (Å²) in [6, 6.07) is 6.60. The van der Waals surface area contributed by atoms with Gasteiger partial charge in [0, 0.05) is 11.8 Å². The summed E-state index contributed by atoms with van der Waals surface area (Å²) in [6.07, 6.45) is 3.05. The molecule has 1 unspecified atom stereocenters. The highest BCUT2D eigenvalue weighted by Crippen LogP contribution is 2.41. The standard InChI is InChI=1S/C13H11N3O2/c1-13(8-2-4-9(17)5-3-8)10-6-14-7-15-11(10)16-12(13)18/h2-7,17H,1H3,(H,14,15,16,18). The highest BCUT2D eigenvalue weighted by molar-refractivity contribution is 6.07. The van der Waals surface area contributed by atoms with Crippen molar-refractivity contribution < 1.29 is 9.90 Å². The molecule has 2 heterocycles. The lowest BCUT2D eigenvalue weighted by Gasteiger charge is -2.22. The van der Waals surface area contributed by atoms with Crippen LogP contribution in [0.15, 0.2) is 36.8 Å². The predicted octanol–water partition coefficient (Wildman–Crippen LogP) is 1.44. The Labute approximate surface area is 104 Å². The Bertz CT molecular complexity index is 624. The summed E-state index contributed by atoms with van der Waals surface area (Å²) >= 11 is 0. The Morgan fingerprint density at radius 3 is 2.72 bits per heavy atom. The molecule has 1 aliphatic rings. The number of benzene rings is 1. The summed E-state index contributed by atoms with van der Waals surface area (Å²) in [5.74, 6) is 0.583. The maximum atomic E-state index is 12.2. The second kappa shape index (κ2) is 3.53. The number of nitrogens with one attached hydrogen (secondary N) is 1. The molecule has 0 radical (unpaired) electrons. The minimum Gasteiger partial charge on any atom is -0.508 e. The minimum atomic E-state index is -0.815. The maximum Gasteiger partial charge on any atom is 0.240 e. The SMILES string of the molecule is CC1(c2ccc(O)cc2)C(=O)Nc2ncncc21. The van der Waals surface area contributed by atoms with Crippen LogP contribution < -0.4 is 5.32 Å². The van der Waals surface area contributed by atoms with E-state index in [4.69, 9.17) is 0 Å². The quantitative estimate of drug-likeness (QED) is 0.792. The molecular weight excluding hydrogens is 230 g/mol. The largest absolute Gasteiger partial charge is 0.508 e. The Morgan fingerprint density at radius 1 is 1.28 bits per heavy atom. The zero-order valence-electron chi connectivity index (χ0n) is 9.71. The van der Waals surface area contributed by atoms with Gasteiger partial charge in [-0.15, -0.1) is 0 Å². The molecule has 3 rings (SSSR count). The third-order valence-corrected chi connectivity index (χ3v) is 3.38. The first-order valence-electron chi connectivity index (χ1n) is 5.54. The highest BCUT2D eigenvalue weighted by atomic mass is 16.3. The Kier molecular flexibility index (Phi) is 2.10. The molecule has 0 bridgehead atoms. The van der Waals surface area contributed by atoms with Gasteiger partial charge in [0.25, 0.3) is 0 Å². The van der Waals surface area contributed by atoms with E-state index >= 15 is 0 Å². The van der Waals surface area contributed by atoms with Crippen LogP contribution in [0.25, 0.3) is 0 Å². The summed E-state index contributed by atoms with van der Waals surface area (Å²) in [4.78, 5) is 20.2. The van der Waals surface area contributed by atoms with Crippen molar-refractivity contribution in [3.05, 3.63) is 47.9 Å². The van der Waals surface area contributed by atoms with Crippen molar-refractivity contribution in [2.75, 3.05) is 5.32 Å². The predicted molar refractivity (Wildman–Crippen MR) is 65.2 cm³/mol. The van der Waals surface area contributed by atoms with Crippen LogP contribution in [0.4, 0.5) is 5.82 Å². The van der Waals surface area contributed by atoms with Gasteiger partial charge in [0.2, 0.25) is 5.91 Å². The van der Waals surface area contributed by atoms with Gasteiger partial charge < -0.3 is 10.4 Å².